The zero-order chi connectivity index (χ0) is 13.7. The lowest BCUT2D eigenvalue weighted by molar-refractivity contribution is 0.129. The number of nitrogens with zero attached hydrogens (tertiary/aromatic N) is 1. The van der Waals surface area contributed by atoms with E-state index in [2.05, 4.69) is 18.8 Å². The number of aromatic nitrogens is 1. The summed E-state index contributed by atoms with van der Waals surface area (Å²) < 4.78 is 6.01. The molecule has 0 aromatic carbocycles. The molecular formula is C16H25NO2. The van der Waals surface area contributed by atoms with Crippen LogP contribution in [0.15, 0.2) is 12.1 Å². The fraction of sp³-hybridized carbons (Fsp3) is 0.688. The molecule has 0 unspecified atom stereocenters. The first-order valence-electron chi connectivity index (χ1n) is 7.48. The van der Waals surface area contributed by atoms with Gasteiger partial charge in [-0.1, -0.05) is 20.3 Å². The SMILES string of the molecule is CCCc1cc(CO)cc(OC2CCC(C)CC2)n1. The Hall–Kier alpha value is -1.09. The van der Waals surface area contributed by atoms with E-state index >= 15 is 0 Å². The van der Waals surface area contributed by atoms with E-state index < -0.39 is 0 Å². The van der Waals surface area contributed by atoms with Gasteiger partial charge in [0.2, 0.25) is 5.88 Å². The molecular weight excluding hydrogens is 238 g/mol. The minimum atomic E-state index is 0.0529. The van der Waals surface area contributed by atoms with Gasteiger partial charge in [0.05, 0.1) is 6.61 Å². The molecule has 0 aliphatic heterocycles. The molecule has 1 saturated carbocycles. The Kier molecular flexibility index (Phi) is 5.20. The van der Waals surface area contributed by atoms with E-state index in [4.69, 9.17) is 4.74 Å². The highest BCUT2D eigenvalue weighted by molar-refractivity contribution is 5.25. The van der Waals surface area contributed by atoms with Crippen molar-refractivity contribution in [1.82, 2.24) is 4.98 Å². The van der Waals surface area contributed by atoms with Gasteiger partial charge in [0.15, 0.2) is 0 Å². The van der Waals surface area contributed by atoms with Gasteiger partial charge in [-0.2, -0.15) is 0 Å². The zero-order valence-corrected chi connectivity index (χ0v) is 12.1. The van der Waals surface area contributed by atoms with Crippen molar-refractivity contribution in [3.63, 3.8) is 0 Å². The molecule has 1 aliphatic carbocycles. The van der Waals surface area contributed by atoms with Gasteiger partial charge in [0, 0.05) is 11.8 Å². The average Bonchev–Trinajstić information content (AvgIpc) is 2.41. The average molecular weight is 263 g/mol. The van der Waals surface area contributed by atoms with Crippen molar-refractivity contribution >= 4 is 0 Å². The third-order valence-corrected chi connectivity index (χ3v) is 3.85. The second-order valence-corrected chi connectivity index (χ2v) is 5.71. The summed E-state index contributed by atoms with van der Waals surface area (Å²) in [6.45, 7) is 4.49. The largest absolute Gasteiger partial charge is 0.474 e. The van der Waals surface area contributed by atoms with Gasteiger partial charge in [-0.25, -0.2) is 4.98 Å². The van der Waals surface area contributed by atoms with Gasteiger partial charge in [0.25, 0.3) is 0 Å². The highest BCUT2D eigenvalue weighted by atomic mass is 16.5. The van der Waals surface area contributed by atoms with E-state index in [0.29, 0.717) is 12.0 Å². The van der Waals surface area contributed by atoms with Crippen molar-refractivity contribution in [3.8, 4) is 5.88 Å². The summed E-state index contributed by atoms with van der Waals surface area (Å²) in [5, 5.41) is 9.31. The maximum absolute atomic E-state index is 9.31. The molecule has 1 aromatic heterocycles. The van der Waals surface area contributed by atoms with Crippen molar-refractivity contribution < 1.29 is 9.84 Å². The molecule has 3 heteroatoms. The van der Waals surface area contributed by atoms with E-state index in [-0.39, 0.29) is 6.61 Å². The maximum Gasteiger partial charge on any atom is 0.214 e. The van der Waals surface area contributed by atoms with Crippen molar-refractivity contribution in [1.29, 1.82) is 0 Å². The van der Waals surface area contributed by atoms with E-state index in [0.717, 1.165) is 42.9 Å². The summed E-state index contributed by atoms with van der Waals surface area (Å²) in [4.78, 5) is 4.55. The number of hydrogen-bond donors (Lipinski definition) is 1. The van der Waals surface area contributed by atoms with Crippen molar-refractivity contribution in [2.45, 2.75) is 65.1 Å². The first kappa shape index (κ1) is 14.3. The topological polar surface area (TPSA) is 42.4 Å². The van der Waals surface area contributed by atoms with E-state index in [1.165, 1.54) is 12.8 Å². The van der Waals surface area contributed by atoms with Gasteiger partial charge in [0.1, 0.15) is 6.10 Å². The summed E-state index contributed by atoms with van der Waals surface area (Å²) in [5.74, 6) is 1.52. The molecule has 1 fully saturated rings. The second-order valence-electron chi connectivity index (χ2n) is 5.71. The Morgan fingerprint density at radius 2 is 2.00 bits per heavy atom. The molecule has 2 rings (SSSR count). The van der Waals surface area contributed by atoms with Gasteiger partial charge < -0.3 is 9.84 Å². The van der Waals surface area contributed by atoms with Crippen LogP contribution in [0, 0.1) is 5.92 Å². The first-order valence-corrected chi connectivity index (χ1v) is 7.48. The van der Waals surface area contributed by atoms with Crippen LogP contribution in [0.2, 0.25) is 0 Å². The fourth-order valence-electron chi connectivity index (χ4n) is 2.67. The van der Waals surface area contributed by atoms with Gasteiger partial charge in [-0.3, -0.25) is 0 Å². The predicted molar refractivity (Wildman–Crippen MR) is 76.2 cm³/mol. The van der Waals surface area contributed by atoms with Gasteiger partial charge in [-0.15, -0.1) is 0 Å². The number of aliphatic hydroxyl groups excluding tert-OH is 1. The summed E-state index contributed by atoms with van der Waals surface area (Å²) >= 11 is 0. The molecule has 3 nitrogen and oxygen atoms in total. The molecule has 106 valence electrons. The summed E-state index contributed by atoms with van der Waals surface area (Å²) in [6.07, 6.45) is 7.02. The Labute approximate surface area is 116 Å². The molecule has 0 bridgehead atoms. The molecule has 1 heterocycles. The number of aliphatic hydroxyl groups is 1. The van der Waals surface area contributed by atoms with E-state index in [1.807, 2.05) is 12.1 Å². The molecule has 19 heavy (non-hydrogen) atoms. The molecule has 0 spiro atoms. The van der Waals surface area contributed by atoms with Crippen LogP contribution in [0.1, 0.15) is 57.2 Å². The van der Waals surface area contributed by atoms with Crippen molar-refractivity contribution in [3.05, 3.63) is 23.4 Å². The lowest BCUT2D eigenvalue weighted by Gasteiger charge is -2.26. The molecule has 0 saturated heterocycles. The Morgan fingerprint density at radius 1 is 1.26 bits per heavy atom. The second kappa shape index (κ2) is 6.90. The van der Waals surface area contributed by atoms with Gasteiger partial charge in [-0.05, 0) is 49.7 Å². The normalized spacial score (nSPS) is 23.3. The number of ether oxygens (including phenoxy) is 1. The highest BCUT2D eigenvalue weighted by Crippen LogP contribution is 2.27. The van der Waals surface area contributed by atoms with Crippen LogP contribution >= 0.6 is 0 Å². The van der Waals surface area contributed by atoms with E-state index in [9.17, 15) is 5.11 Å². The van der Waals surface area contributed by atoms with Crippen LogP contribution in [0.25, 0.3) is 0 Å². The standard InChI is InChI=1S/C16H25NO2/c1-3-4-14-9-13(11-18)10-16(17-14)19-15-7-5-12(2)6-8-15/h9-10,12,15,18H,3-8,11H2,1-2H3. The predicted octanol–water partition coefficient (Wildman–Crippen LogP) is 3.48. The van der Waals surface area contributed by atoms with Crippen LogP contribution in [-0.4, -0.2) is 16.2 Å². The molecule has 1 N–H and O–H groups in total. The van der Waals surface area contributed by atoms with E-state index in [1.54, 1.807) is 0 Å². The molecule has 0 amide bonds. The maximum atomic E-state index is 9.31. The lowest BCUT2D eigenvalue weighted by Crippen LogP contribution is -2.23. The van der Waals surface area contributed by atoms with Crippen LogP contribution in [0.4, 0.5) is 0 Å². The quantitative estimate of drug-likeness (QED) is 0.884. The van der Waals surface area contributed by atoms with Crippen LogP contribution < -0.4 is 4.74 Å². The fourth-order valence-corrected chi connectivity index (χ4v) is 2.67. The monoisotopic (exact) mass is 263 g/mol. The summed E-state index contributed by atoms with van der Waals surface area (Å²) in [6, 6.07) is 3.84. The molecule has 1 aliphatic rings. The Balaban J connectivity index is 2.04. The molecule has 0 radical (unpaired) electrons. The minimum Gasteiger partial charge on any atom is -0.474 e. The minimum absolute atomic E-state index is 0.0529. The Morgan fingerprint density at radius 3 is 2.63 bits per heavy atom. The van der Waals surface area contributed by atoms with Crippen LogP contribution in [0.3, 0.4) is 0 Å². The zero-order valence-electron chi connectivity index (χ0n) is 12.1. The Bertz CT molecular complexity index is 398. The number of aryl methyl sites for hydroxylation is 1. The third-order valence-electron chi connectivity index (χ3n) is 3.85. The smallest absolute Gasteiger partial charge is 0.214 e. The molecule has 0 atom stereocenters. The highest BCUT2D eigenvalue weighted by Gasteiger charge is 2.20. The van der Waals surface area contributed by atoms with Crippen molar-refractivity contribution in [2.24, 2.45) is 5.92 Å². The van der Waals surface area contributed by atoms with Gasteiger partial charge >= 0.3 is 0 Å². The number of rotatable bonds is 5. The van der Waals surface area contributed by atoms with Crippen LogP contribution in [-0.2, 0) is 13.0 Å². The summed E-state index contributed by atoms with van der Waals surface area (Å²) in [5.41, 5.74) is 1.92. The first-order chi connectivity index (χ1) is 9.21. The number of hydrogen-bond acceptors (Lipinski definition) is 3. The molecule has 1 aromatic rings. The number of pyridine rings is 1. The summed E-state index contributed by atoms with van der Waals surface area (Å²) in [7, 11) is 0. The van der Waals surface area contributed by atoms with Crippen molar-refractivity contribution in [2.75, 3.05) is 0 Å². The third kappa shape index (κ3) is 4.20. The lowest BCUT2D eigenvalue weighted by atomic mass is 9.89. The van der Waals surface area contributed by atoms with Crippen LogP contribution in [0.5, 0.6) is 5.88 Å².